The third-order valence-corrected chi connectivity index (χ3v) is 15.8. The number of hydrogen-bond donors (Lipinski definition) is 12. The van der Waals surface area contributed by atoms with Gasteiger partial charge in [0.25, 0.3) is 0 Å². The summed E-state index contributed by atoms with van der Waals surface area (Å²) in [6.07, 6.45) is -2.34. The van der Waals surface area contributed by atoms with Crippen LogP contribution >= 0.6 is 7.82 Å². The standard InChI is InChI=1S/C55H101O23P/c1-3-5-7-9-11-13-15-17-18-20-21-23-25-27-29-31-40(58)71-35-37(73-41(59)32-30-28-26-24-22-19-16-14-12-10-8-6-4-2)36-72-79(69,70)78-53-51(76-54-49(67)44(62)42(60)38(33-56)74-54)47(65)46(64)48(66)52(53)77-55-50(68)45(63)43(61)39(34-57)75-55/h13,15,37-39,42-57,60-68H,3-12,14,16-36H2,1-2H3,(H,69,70). The predicted octanol–water partition coefficient (Wildman–Crippen LogP) is 3.93. The van der Waals surface area contributed by atoms with Crippen LogP contribution in [0.25, 0.3) is 0 Å². The van der Waals surface area contributed by atoms with Crippen molar-refractivity contribution >= 4 is 19.8 Å². The van der Waals surface area contributed by atoms with Gasteiger partial charge < -0.3 is 89.5 Å². The number of esters is 2. The third kappa shape index (κ3) is 26.3. The number of aliphatic hydroxyl groups is 11. The van der Waals surface area contributed by atoms with Gasteiger partial charge in [0.2, 0.25) is 0 Å². The Morgan fingerprint density at radius 3 is 1.25 bits per heavy atom. The lowest BCUT2D eigenvalue weighted by atomic mass is 9.84. The summed E-state index contributed by atoms with van der Waals surface area (Å²) in [5.41, 5.74) is 0. The molecule has 0 amide bonds. The highest BCUT2D eigenvalue weighted by atomic mass is 31.2. The lowest BCUT2D eigenvalue weighted by Crippen LogP contribution is -2.69. The molecule has 3 aliphatic rings. The second kappa shape index (κ2) is 40.5. The minimum Gasteiger partial charge on any atom is -0.462 e. The summed E-state index contributed by atoms with van der Waals surface area (Å²) >= 11 is 0. The highest BCUT2D eigenvalue weighted by Crippen LogP contribution is 2.49. The van der Waals surface area contributed by atoms with Gasteiger partial charge in [0.15, 0.2) is 18.7 Å². The molecule has 2 aliphatic heterocycles. The third-order valence-electron chi connectivity index (χ3n) is 14.8. The maximum Gasteiger partial charge on any atom is 0.472 e. The van der Waals surface area contributed by atoms with Crippen molar-refractivity contribution in [3.05, 3.63) is 12.2 Å². The van der Waals surface area contributed by atoms with Crippen LogP contribution in [0.3, 0.4) is 0 Å². The van der Waals surface area contributed by atoms with Gasteiger partial charge in [0.05, 0.1) is 19.8 Å². The first kappa shape index (κ1) is 71.5. The maximum absolute atomic E-state index is 14.0. The number of allylic oxidation sites excluding steroid dienone is 2. The highest BCUT2D eigenvalue weighted by molar-refractivity contribution is 7.47. The second-order valence-electron chi connectivity index (χ2n) is 21.5. The van der Waals surface area contributed by atoms with Crippen LogP contribution in [0.2, 0.25) is 0 Å². The zero-order chi connectivity index (χ0) is 58.2. The van der Waals surface area contributed by atoms with E-state index in [1.54, 1.807) is 0 Å². The molecule has 0 aromatic rings. The van der Waals surface area contributed by atoms with E-state index in [1.165, 1.54) is 70.6 Å². The molecule has 3 rings (SSSR count). The number of phosphoric acid groups is 1. The molecule has 16 atom stereocenters. The fourth-order valence-electron chi connectivity index (χ4n) is 9.88. The zero-order valence-electron chi connectivity index (χ0n) is 46.9. The van der Waals surface area contributed by atoms with Crippen molar-refractivity contribution in [3.63, 3.8) is 0 Å². The lowest BCUT2D eigenvalue weighted by Gasteiger charge is -2.49. The number of rotatable bonds is 43. The molecule has 0 aromatic heterocycles. The summed E-state index contributed by atoms with van der Waals surface area (Å²) in [6.45, 7) is 0.993. The van der Waals surface area contributed by atoms with Gasteiger partial charge in [0.1, 0.15) is 92.1 Å². The molecule has 1 saturated carbocycles. The van der Waals surface area contributed by atoms with E-state index >= 15 is 0 Å². The van der Waals surface area contributed by atoms with E-state index in [9.17, 15) is 75.2 Å². The van der Waals surface area contributed by atoms with Crippen molar-refractivity contribution in [1.29, 1.82) is 0 Å². The number of hydrogen-bond acceptors (Lipinski definition) is 22. The molecule has 3 fully saturated rings. The van der Waals surface area contributed by atoms with E-state index in [2.05, 4.69) is 26.0 Å². The number of unbranched alkanes of at least 4 members (excludes halogenated alkanes) is 23. The largest absolute Gasteiger partial charge is 0.472 e. The summed E-state index contributed by atoms with van der Waals surface area (Å²) in [6, 6.07) is 0. The fraction of sp³-hybridized carbons (Fsp3) is 0.927. The molecule has 464 valence electrons. The lowest BCUT2D eigenvalue weighted by molar-refractivity contribution is -0.360. The Balaban J connectivity index is 1.70. The van der Waals surface area contributed by atoms with Crippen molar-refractivity contribution in [2.45, 2.75) is 298 Å². The molecule has 0 spiro atoms. The Labute approximate surface area is 467 Å². The van der Waals surface area contributed by atoms with Gasteiger partial charge in [-0.2, -0.15) is 0 Å². The van der Waals surface area contributed by atoms with Gasteiger partial charge >= 0.3 is 19.8 Å². The number of ether oxygens (including phenoxy) is 6. The second-order valence-corrected chi connectivity index (χ2v) is 22.9. The molecule has 23 nitrogen and oxygen atoms in total. The minimum absolute atomic E-state index is 0.0283. The molecule has 16 unspecified atom stereocenters. The molecule has 0 radical (unpaired) electrons. The van der Waals surface area contributed by atoms with E-state index in [-0.39, 0.29) is 12.8 Å². The Hall–Kier alpha value is -1.81. The van der Waals surface area contributed by atoms with Gasteiger partial charge in [-0.25, -0.2) is 4.57 Å². The number of carbonyl (C=O) groups excluding carboxylic acids is 2. The predicted molar refractivity (Wildman–Crippen MR) is 287 cm³/mol. The summed E-state index contributed by atoms with van der Waals surface area (Å²) in [7, 11) is -5.63. The Kier molecular flexibility index (Phi) is 36.6. The fourth-order valence-corrected chi connectivity index (χ4v) is 10.8. The highest BCUT2D eigenvalue weighted by Gasteiger charge is 2.58. The van der Waals surface area contributed by atoms with Crippen LogP contribution in [0.1, 0.15) is 194 Å². The van der Waals surface area contributed by atoms with Gasteiger partial charge in [-0.05, 0) is 38.5 Å². The van der Waals surface area contributed by atoms with Crippen LogP contribution in [0.4, 0.5) is 0 Å². The van der Waals surface area contributed by atoms with Gasteiger partial charge in [-0.15, -0.1) is 0 Å². The summed E-state index contributed by atoms with van der Waals surface area (Å²) in [5, 5.41) is 117. The molecule has 2 saturated heterocycles. The summed E-state index contributed by atoms with van der Waals surface area (Å²) in [5.74, 6) is -1.33. The topological polar surface area (TPSA) is 368 Å². The van der Waals surface area contributed by atoms with Crippen LogP contribution < -0.4 is 0 Å². The Morgan fingerprint density at radius 2 is 0.835 bits per heavy atom. The first-order valence-corrected chi connectivity index (χ1v) is 31.0. The quantitative estimate of drug-likeness (QED) is 0.0178. The van der Waals surface area contributed by atoms with Crippen LogP contribution in [0.5, 0.6) is 0 Å². The molecular weight excluding hydrogens is 1060 g/mol. The van der Waals surface area contributed by atoms with E-state index in [4.69, 9.17) is 37.5 Å². The molecule has 1 aliphatic carbocycles. The molecule has 0 aromatic carbocycles. The average Bonchev–Trinajstić information content (AvgIpc) is 3.57. The number of aliphatic hydroxyl groups excluding tert-OH is 11. The SMILES string of the molecule is CCCCCCC=CCCCCCCCCCC(=O)OCC(COP(=O)(O)OC1C(OC2OC(CO)C(O)C(O)C2O)C(O)C(O)C(O)C1OC1OC(CO)C(O)C(O)C1O)OC(=O)CCCCCCCCCCCCCCC. The van der Waals surface area contributed by atoms with E-state index in [1.807, 2.05) is 0 Å². The van der Waals surface area contributed by atoms with Crippen molar-refractivity contribution in [2.75, 3.05) is 26.4 Å². The van der Waals surface area contributed by atoms with Crippen molar-refractivity contribution in [3.8, 4) is 0 Å². The van der Waals surface area contributed by atoms with Gasteiger partial charge in [-0.3, -0.25) is 18.6 Å². The Morgan fingerprint density at radius 1 is 0.468 bits per heavy atom. The van der Waals surface area contributed by atoms with Crippen LogP contribution in [0.15, 0.2) is 12.2 Å². The number of phosphoric ester groups is 1. The first-order chi connectivity index (χ1) is 37.9. The smallest absolute Gasteiger partial charge is 0.462 e. The number of carbonyl (C=O) groups is 2. The van der Waals surface area contributed by atoms with Gasteiger partial charge in [-0.1, -0.05) is 154 Å². The molecule has 79 heavy (non-hydrogen) atoms. The molecule has 2 heterocycles. The Bertz CT molecular complexity index is 1630. The average molecular weight is 1160 g/mol. The summed E-state index contributed by atoms with van der Waals surface area (Å²) < 4.78 is 58.1. The van der Waals surface area contributed by atoms with E-state index < -0.39 is 150 Å². The van der Waals surface area contributed by atoms with Crippen LogP contribution in [0, 0.1) is 0 Å². The van der Waals surface area contributed by atoms with Crippen LogP contribution in [-0.4, -0.2) is 204 Å². The van der Waals surface area contributed by atoms with E-state index in [0.29, 0.717) is 12.8 Å². The maximum atomic E-state index is 14.0. The monoisotopic (exact) mass is 1160 g/mol. The van der Waals surface area contributed by atoms with Crippen molar-refractivity contribution < 1.29 is 113 Å². The molecule has 24 heteroatoms. The van der Waals surface area contributed by atoms with Crippen LogP contribution in [-0.2, 0) is 51.6 Å². The minimum atomic E-state index is -5.63. The van der Waals surface area contributed by atoms with Gasteiger partial charge in [0, 0.05) is 12.8 Å². The van der Waals surface area contributed by atoms with Crippen molar-refractivity contribution in [2.24, 2.45) is 0 Å². The summed E-state index contributed by atoms with van der Waals surface area (Å²) in [4.78, 5) is 37.5. The molecule has 12 N–H and O–H groups in total. The normalized spacial score (nSPS) is 31.5. The van der Waals surface area contributed by atoms with E-state index in [0.717, 1.165) is 83.5 Å². The molecular formula is C55H101O23P. The first-order valence-electron chi connectivity index (χ1n) is 29.5. The zero-order valence-corrected chi connectivity index (χ0v) is 47.8. The van der Waals surface area contributed by atoms with Crippen molar-refractivity contribution in [1.82, 2.24) is 0 Å². The molecule has 0 bridgehead atoms.